The average molecular weight is 331 g/mol. The second-order valence-electron chi connectivity index (χ2n) is 3.88. The summed E-state index contributed by atoms with van der Waals surface area (Å²) < 4.78 is 5.36. The molecule has 0 aliphatic carbocycles. The number of benzene rings is 1. The van der Waals surface area contributed by atoms with Crippen molar-refractivity contribution < 1.29 is 24.5 Å². The number of aliphatic hydroxyl groups excluding tert-OH is 1. The Bertz CT molecular complexity index is 474. The van der Waals surface area contributed by atoms with Crippen LogP contribution in [0.25, 0.3) is 0 Å². The molecule has 6 heteroatoms. The second-order valence-corrected chi connectivity index (χ2v) is 4.74. The van der Waals surface area contributed by atoms with Crippen LogP contribution in [0.5, 0.6) is 0 Å². The van der Waals surface area contributed by atoms with E-state index < -0.39 is 24.0 Å². The zero-order chi connectivity index (χ0) is 14.5. The molecule has 0 bridgehead atoms. The number of aliphatic carboxylic acids is 1. The van der Waals surface area contributed by atoms with Crippen LogP contribution in [0.15, 0.2) is 28.7 Å². The number of carboxylic acid groups (broad SMARTS) is 1. The van der Waals surface area contributed by atoms with Gasteiger partial charge in [-0.15, -0.1) is 0 Å². The SMILES string of the molecule is CCOC(=O)C(CCO)(C(=O)O)c1ccccc1Br. The lowest BCUT2D eigenvalue weighted by Gasteiger charge is -2.27. The molecule has 104 valence electrons. The van der Waals surface area contributed by atoms with Crippen molar-refractivity contribution in [3.8, 4) is 0 Å². The molecule has 1 unspecified atom stereocenters. The molecule has 0 fully saturated rings. The third kappa shape index (κ3) is 2.96. The number of rotatable bonds is 6. The Morgan fingerprint density at radius 2 is 2.00 bits per heavy atom. The summed E-state index contributed by atoms with van der Waals surface area (Å²) in [7, 11) is 0. The monoisotopic (exact) mass is 330 g/mol. The standard InChI is InChI=1S/C13H15BrO5/c1-2-19-12(18)13(7-8-15,11(16)17)9-5-3-4-6-10(9)14/h3-6,15H,2,7-8H2,1H3,(H,16,17). The highest BCUT2D eigenvalue weighted by Crippen LogP contribution is 2.35. The van der Waals surface area contributed by atoms with Gasteiger partial charge >= 0.3 is 11.9 Å². The van der Waals surface area contributed by atoms with Crippen molar-refractivity contribution >= 4 is 27.9 Å². The van der Waals surface area contributed by atoms with Crippen molar-refractivity contribution in [3.63, 3.8) is 0 Å². The topological polar surface area (TPSA) is 83.8 Å². The zero-order valence-electron chi connectivity index (χ0n) is 10.4. The first-order valence-corrected chi connectivity index (χ1v) is 6.56. The highest BCUT2D eigenvalue weighted by atomic mass is 79.9. The van der Waals surface area contributed by atoms with Crippen molar-refractivity contribution in [2.75, 3.05) is 13.2 Å². The Labute approximate surface area is 119 Å². The highest BCUT2D eigenvalue weighted by molar-refractivity contribution is 9.10. The molecule has 0 radical (unpaired) electrons. The van der Waals surface area contributed by atoms with Crippen LogP contribution in [0.4, 0.5) is 0 Å². The van der Waals surface area contributed by atoms with E-state index in [-0.39, 0.29) is 18.6 Å². The van der Waals surface area contributed by atoms with Crippen LogP contribution in [-0.4, -0.2) is 35.4 Å². The number of esters is 1. The minimum absolute atomic E-state index is 0.0732. The Morgan fingerprint density at radius 1 is 1.37 bits per heavy atom. The van der Waals surface area contributed by atoms with Gasteiger partial charge in [0.2, 0.25) is 0 Å². The number of carbonyl (C=O) groups is 2. The molecule has 19 heavy (non-hydrogen) atoms. The number of ether oxygens (including phenoxy) is 1. The molecular formula is C13H15BrO5. The Kier molecular flexibility index (Phi) is 5.50. The number of carboxylic acids is 1. The van der Waals surface area contributed by atoms with Crippen molar-refractivity contribution in [2.45, 2.75) is 18.8 Å². The average Bonchev–Trinajstić information content (AvgIpc) is 2.36. The Morgan fingerprint density at radius 3 is 2.47 bits per heavy atom. The third-order valence-corrected chi connectivity index (χ3v) is 3.50. The lowest BCUT2D eigenvalue weighted by atomic mass is 9.77. The fraction of sp³-hybridized carbons (Fsp3) is 0.385. The number of hydrogen-bond donors (Lipinski definition) is 2. The van der Waals surface area contributed by atoms with Crippen LogP contribution >= 0.6 is 15.9 Å². The summed E-state index contributed by atoms with van der Waals surface area (Å²) in [6, 6.07) is 6.52. The van der Waals surface area contributed by atoms with Crippen LogP contribution < -0.4 is 0 Å². The first-order valence-electron chi connectivity index (χ1n) is 5.77. The molecule has 0 saturated carbocycles. The Hall–Kier alpha value is -1.40. The molecule has 1 rings (SSSR count). The molecule has 1 atom stereocenters. The maximum atomic E-state index is 12.1. The van der Waals surface area contributed by atoms with E-state index in [2.05, 4.69) is 15.9 Å². The number of aliphatic hydroxyl groups is 1. The van der Waals surface area contributed by atoms with Gasteiger partial charge < -0.3 is 14.9 Å². The van der Waals surface area contributed by atoms with Gasteiger partial charge in [0.05, 0.1) is 6.61 Å². The van der Waals surface area contributed by atoms with Crippen LogP contribution in [0, 0.1) is 0 Å². The molecule has 1 aromatic rings. The molecule has 1 aromatic carbocycles. The normalized spacial score (nSPS) is 13.6. The van der Waals surface area contributed by atoms with Gasteiger partial charge in [-0.25, -0.2) is 0 Å². The molecule has 0 heterocycles. The first-order chi connectivity index (χ1) is 9.00. The molecule has 0 aliphatic rings. The number of halogens is 1. The van der Waals surface area contributed by atoms with Gasteiger partial charge in [0.1, 0.15) is 0 Å². The summed E-state index contributed by atoms with van der Waals surface area (Å²) >= 11 is 3.24. The van der Waals surface area contributed by atoms with Crippen LogP contribution in [0.1, 0.15) is 18.9 Å². The maximum absolute atomic E-state index is 12.1. The van der Waals surface area contributed by atoms with Crippen LogP contribution in [0.2, 0.25) is 0 Å². The minimum Gasteiger partial charge on any atom is -0.480 e. The number of hydrogen-bond acceptors (Lipinski definition) is 4. The van der Waals surface area contributed by atoms with Gasteiger partial charge in [0.15, 0.2) is 5.41 Å². The quantitative estimate of drug-likeness (QED) is 0.612. The van der Waals surface area contributed by atoms with Crippen molar-refractivity contribution in [2.24, 2.45) is 0 Å². The summed E-state index contributed by atoms with van der Waals surface area (Å²) in [5.41, 5.74) is -1.62. The number of carbonyl (C=O) groups excluding carboxylic acids is 1. The molecule has 0 saturated heterocycles. The van der Waals surface area contributed by atoms with E-state index in [0.29, 0.717) is 4.47 Å². The predicted molar refractivity (Wildman–Crippen MR) is 71.8 cm³/mol. The summed E-state index contributed by atoms with van der Waals surface area (Å²) in [5, 5.41) is 18.6. The van der Waals surface area contributed by atoms with Gasteiger partial charge in [0, 0.05) is 17.5 Å². The third-order valence-electron chi connectivity index (χ3n) is 2.81. The minimum atomic E-state index is -1.90. The van der Waals surface area contributed by atoms with Gasteiger partial charge in [-0.3, -0.25) is 9.59 Å². The van der Waals surface area contributed by atoms with E-state index in [1.165, 1.54) is 6.07 Å². The maximum Gasteiger partial charge on any atom is 0.328 e. The van der Waals surface area contributed by atoms with E-state index in [9.17, 15) is 14.7 Å². The van der Waals surface area contributed by atoms with E-state index in [1.807, 2.05) is 0 Å². The Balaban J connectivity index is 3.44. The molecule has 0 amide bonds. The molecule has 0 aliphatic heterocycles. The first kappa shape index (κ1) is 15.7. The molecule has 2 N–H and O–H groups in total. The largest absolute Gasteiger partial charge is 0.480 e. The molecular weight excluding hydrogens is 316 g/mol. The van der Waals surface area contributed by atoms with Crippen LogP contribution in [-0.2, 0) is 19.7 Å². The van der Waals surface area contributed by atoms with E-state index in [1.54, 1.807) is 25.1 Å². The van der Waals surface area contributed by atoms with Crippen molar-refractivity contribution in [3.05, 3.63) is 34.3 Å². The molecule has 5 nitrogen and oxygen atoms in total. The van der Waals surface area contributed by atoms with Crippen molar-refractivity contribution in [1.82, 2.24) is 0 Å². The van der Waals surface area contributed by atoms with E-state index in [4.69, 9.17) is 9.84 Å². The van der Waals surface area contributed by atoms with Gasteiger partial charge in [0.25, 0.3) is 0 Å². The zero-order valence-corrected chi connectivity index (χ0v) is 12.0. The predicted octanol–water partition coefficient (Wildman–Crippen LogP) is 1.72. The van der Waals surface area contributed by atoms with Crippen molar-refractivity contribution in [1.29, 1.82) is 0 Å². The fourth-order valence-electron chi connectivity index (χ4n) is 1.89. The fourth-order valence-corrected chi connectivity index (χ4v) is 2.51. The summed E-state index contributed by atoms with van der Waals surface area (Å²) in [4.78, 5) is 23.8. The lowest BCUT2D eigenvalue weighted by molar-refractivity contribution is -0.162. The lowest BCUT2D eigenvalue weighted by Crippen LogP contribution is -2.46. The summed E-state index contributed by atoms with van der Waals surface area (Å²) in [5.74, 6) is -2.21. The van der Waals surface area contributed by atoms with Crippen LogP contribution in [0.3, 0.4) is 0 Å². The van der Waals surface area contributed by atoms with E-state index >= 15 is 0 Å². The second kappa shape index (κ2) is 6.68. The summed E-state index contributed by atoms with van der Waals surface area (Å²) in [6.45, 7) is 1.24. The molecule has 0 spiro atoms. The van der Waals surface area contributed by atoms with Gasteiger partial charge in [-0.2, -0.15) is 0 Å². The summed E-state index contributed by atoms with van der Waals surface area (Å²) in [6.07, 6.45) is -0.246. The van der Waals surface area contributed by atoms with Gasteiger partial charge in [-0.05, 0) is 18.6 Å². The smallest absolute Gasteiger partial charge is 0.328 e. The van der Waals surface area contributed by atoms with E-state index in [0.717, 1.165) is 0 Å². The molecule has 0 aromatic heterocycles. The van der Waals surface area contributed by atoms with Gasteiger partial charge in [-0.1, -0.05) is 34.1 Å². The highest BCUT2D eigenvalue weighted by Gasteiger charge is 2.50.